The number of nitrogens with one attached hydrogen (secondary N) is 1. The number of rotatable bonds is 3. The lowest BCUT2D eigenvalue weighted by Crippen LogP contribution is -2.20. The van der Waals surface area contributed by atoms with Crippen molar-refractivity contribution in [3.05, 3.63) is 29.3 Å². The Hall–Kier alpha value is -1.02. The van der Waals surface area contributed by atoms with Crippen molar-refractivity contribution in [2.24, 2.45) is 0 Å². The van der Waals surface area contributed by atoms with Crippen LogP contribution in [0.25, 0.3) is 0 Å². The second-order valence-electron chi connectivity index (χ2n) is 4.91. The highest BCUT2D eigenvalue weighted by atomic mass is 16.5. The van der Waals surface area contributed by atoms with Crippen LogP contribution in [0.3, 0.4) is 0 Å². The van der Waals surface area contributed by atoms with Crippen LogP contribution in [0.2, 0.25) is 0 Å². The summed E-state index contributed by atoms with van der Waals surface area (Å²) in [6.07, 6.45) is 1.46. The fourth-order valence-corrected chi connectivity index (χ4v) is 2.01. The van der Waals surface area contributed by atoms with Crippen molar-refractivity contribution in [2.75, 3.05) is 13.1 Å². The van der Waals surface area contributed by atoms with Crippen LogP contribution in [0, 0.1) is 6.92 Å². The summed E-state index contributed by atoms with van der Waals surface area (Å²) in [5, 5.41) is 3.32. The number of hydrogen-bond acceptors (Lipinski definition) is 2. The Balaban J connectivity index is 2.14. The summed E-state index contributed by atoms with van der Waals surface area (Å²) in [7, 11) is 0. The highest BCUT2D eigenvalue weighted by Gasteiger charge is 2.17. The van der Waals surface area contributed by atoms with Crippen LogP contribution in [0.1, 0.15) is 37.3 Å². The third-order valence-electron chi connectivity index (χ3n) is 3.19. The van der Waals surface area contributed by atoms with Gasteiger partial charge in [0.05, 0.1) is 0 Å². The number of aryl methyl sites for hydroxylation is 1. The van der Waals surface area contributed by atoms with Crippen LogP contribution < -0.4 is 10.1 Å². The molecule has 0 aromatic heterocycles. The van der Waals surface area contributed by atoms with Gasteiger partial charge in [-0.1, -0.05) is 26.0 Å². The maximum Gasteiger partial charge on any atom is 0.122 e. The van der Waals surface area contributed by atoms with E-state index in [0.29, 0.717) is 12.0 Å². The zero-order valence-electron chi connectivity index (χ0n) is 10.4. The standard InChI is InChI=1S/C14H21NO/c1-10(2)12-5-4-11(3)14(8-12)16-13-6-7-15-9-13/h4-5,8,10,13,15H,6-7,9H2,1-3H3/t13-/m1/s1. The molecule has 2 rings (SSSR count). The van der Waals surface area contributed by atoms with Crippen LogP contribution in [-0.4, -0.2) is 19.2 Å². The van der Waals surface area contributed by atoms with Gasteiger partial charge in [-0.3, -0.25) is 0 Å². The normalized spacial score (nSPS) is 20.4. The number of hydrogen-bond donors (Lipinski definition) is 1. The monoisotopic (exact) mass is 219 g/mol. The molecule has 0 amide bonds. The SMILES string of the molecule is Cc1ccc(C(C)C)cc1O[C@@H]1CCNC1. The van der Waals surface area contributed by atoms with Gasteiger partial charge >= 0.3 is 0 Å². The molecule has 1 aromatic rings. The van der Waals surface area contributed by atoms with Gasteiger partial charge in [-0.25, -0.2) is 0 Å². The van der Waals surface area contributed by atoms with E-state index in [2.05, 4.69) is 44.3 Å². The first kappa shape index (κ1) is 11.5. The van der Waals surface area contributed by atoms with E-state index in [0.717, 1.165) is 25.3 Å². The molecule has 1 heterocycles. The van der Waals surface area contributed by atoms with Crippen molar-refractivity contribution in [3.63, 3.8) is 0 Å². The van der Waals surface area contributed by atoms with Gasteiger partial charge in [0, 0.05) is 6.54 Å². The molecule has 1 aromatic carbocycles. The quantitative estimate of drug-likeness (QED) is 0.844. The average Bonchev–Trinajstić information content (AvgIpc) is 2.73. The van der Waals surface area contributed by atoms with E-state index < -0.39 is 0 Å². The molecule has 1 aliphatic heterocycles. The Morgan fingerprint density at radius 2 is 2.19 bits per heavy atom. The Morgan fingerprint density at radius 1 is 1.38 bits per heavy atom. The summed E-state index contributed by atoms with van der Waals surface area (Å²) >= 11 is 0. The van der Waals surface area contributed by atoms with Gasteiger partial charge in [0.15, 0.2) is 0 Å². The summed E-state index contributed by atoms with van der Waals surface area (Å²) in [4.78, 5) is 0. The molecule has 1 fully saturated rings. The highest BCUT2D eigenvalue weighted by Crippen LogP contribution is 2.25. The maximum atomic E-state index is 6.03. The first-order valence-corrected chi connectivity index (χ1v) is 6.14. The third kappa shape index (κ3) is 2.56. The molecule has 1 N–H and O–H groups in total. The molecule has 2 heteroatoms. The van der Waals surface area contributed by atoms with Crippen LogP contribution in [-0.2, 0) is 0 Å². The van der Waals surface area contributed by atoms with Gasteiger partial charge < -0.3 is 10.1 Å². The van der Waals surface area contributed by atoms with E-state index in [-0.39, 0.29) is 0 Å². The van der Waals surface area contributed by atoms with E-state index in [9.17, 15) is 0 Å². The molecule has 16 heavy (non-hydrogen) atoms. The molecule has 88 valence electrons. The zero-order valence-corrected chi connectivity index (χ0v) is 10.4. The van der Waals surface area contributed by atoms with E-state index in [1.165, 1.54) is 11.1 Å². The van der Waals surface area contributed by atoms with Crippen molar-refractivity contribution in [1.29, 1.82) is 0 Å². The van der Waals surface area contributed by atoms with Gasteiger partial charge in [-0.15, -0.1) is 0 Å². The average molecular weight is 219 g/mol. The Morgan fingerprint density at radius 3 is 2.81 bits per heavy atom. The van der Waals surface area contributed by atoms with E-state index in [4.69, 9.17) is 4.74 Å². The summed E-state index contributed by atoms with van der Waals surface area (Å²) in [6, 6.07) is 6.55. The second-order valence-corrected chi connectivity index (χ2v) is 4.91. The zero-order chi connectivity index (χ0) is 11.5. The van der Waals surface area contributed by atoms with Gasteiger partial charge in [0.2, 0.25) is 0 Å². The number of ether oxygens (including phenoxy) is 1. The second kappa shape index (κ2) is 4.88. The molecular weight excluding hydrogens is 198 g/mol. The first-order chi connectivity index (χ1) is 7.66. The van der Waals surface area contributed by atoms with Crippen molar-refractivity contribution >= 4 is 0 Å². The van der Waals surface area contributed by atoms with Crippen LogP contribution >= 0.6 is 0 Å². The molecule has 0 bridgehead atoms. The van der Waals surface area contributed by atoms with Crippen molar-refractivity contribution in [1.82, 2.24) is 5.32 Å². The molecule has 1 saturated heterocycles. The van der Waals surface area contributed by atoms with Crippen LogP contribution in [0.15, 0.2) is 18.2 Å². The van der Waals surface area contributed by atoms with E-state index >= 15 is 0 Å². The Kier molecular flexibility index (Phi) is 3.49. The summed E-state index contributed by atoms with van der Waals surface area (Å²) in [6.45, 7) is 8.60. The minimum absolute atomic E-state index is 0.348. The molecule has 0 aliphatic carbocycles. The minimum Gasteiger partial charge on any atom is -0.489 e. The molecule has 1 aliphatic rings. The van der Waals surface area contributed by atoms with Crippen molar-refractivity contribution < 1.29 is 4.74 Å². The predicted octanol–water partition coefficient (Wildman–Crippen LogP) is 2.86. The molecule has 0 radical (unpaired) electrons. The van der Waals surface area contributed by atoms with Crippen molar-refractivity contribution in [3.8, 4) is 5.75 Å². The molecule has 1 atom stereocenters. The fourth-order valence-electron chi connectivity index (χ4n) is 2.01. The van der Waals surface area contributed by atoms with Gasteiger partial charge in [0.1, 0.15) is 11.9 Å². The first-order valence-electron chi connectivity index (χ1n) is 6.14. The molecular formula is C14H21NO. The molecule has 0 spiro atoms. The molecule has 0 unspecified atom stereocenters. The molecule has 2 nitrogen and oxygen atoms in total. The van der Waals surface area contributed by atoms with Crippen LogP contribution in [0.4, 0.5) is 0 Å². The van der Waals surface area contributed by atoms with Crippen molar-refractivity contribution in [2.45, 2.75) is 39.2 Å². The summed E-state index contributed by atoms with van der Waals surface area (Å²) in [5.74, 6) is 1.62. The summed E-state index contributed by atoms with van der Waals surface area (Å²) < 4.78 is 6.03. The largest absolute Gasteiger partial charge is 0.489 e. The van der Waals surface area contributed by atoms with E-state index in [1.807, 2.05) is 0 Å². The molecule has 0 saturated carbocycles. The van der Waals surface area contributed by atoms with Gasteiger partial charge in [-0.05, 0) is 43.0 Å². The lowest BCUT2D eigenvalue weighted by atomic mass is 10.0. The lowest BCUT2D eigenvalue weighted by Gasteiger charge is -2.16. The number of benzene rings is 1. The smallest absolute Gasteiger partial charge is 0.122 e. The van der Waals surface area contributed by atoms with E-state index in [1.54, 1.807) is 0 Å². The van der Waals surface area contributed by atoms with Gasteiger partial charge in [-0.2, -0.15) is 0 Å². The predicted molar refractivity (Wildman–Crippen MR) is 67.2 cm³/mol. The Bertz CT molecular complexity index is 354. The topological polar surface area (TPSA) is 21.3 Å². The highest BCUT2D eigenvalue weighted by molar-refractivity contribution is 5.38. The van der Waals surface area contributed by atoms with Gasteiger partial charge in [0.25, 0.3) is 0 Å². The third-order valence-corrected chi connectivity index (χ3v) is 3.19. The fraction of sp³-hybridized carbons (Fsp3) is 0.571. The lowest BCUT2D eigenvalue weighted by molar-refractivity contribution is 0.221. The Labute approximate surface area is 98.0 Å². The minimum atomic E-state index is 0.348. The summed E-state index contributed by atoms with van der Waals surface area (Å²) in [5.41, 5.74) is 2.59. The maximum absolute atomic E-state index is 6.03. The van der Waals surface area contributed by atoms with Crippen LogP contribution in [0.5, 0.6) is 5.75 Å².